The van der Waals surface area contributed by atoms with E-state index in [4.69, 9.17) is 28.3 Å². The van der Waals surface area contributed by atoms with Crippen molar-refractivity contribution in [2.45, 2.75) is 29.6 Å². The van der Waals surface area contributed by atoms with Crippen LogP contribution in [0.15, 0.2) is 40.1 Å². The summed E-state index contributed by atoms with van der Waals surface area (Å²) in [7, 11) is -8.17. The molecule has 148 valence electrons. The van der Waals surface area contributed by atoms with E-state index in [0.717, 1.165) is 18.9 Å². The van der Waals surface area contributed by atoms with Gasteiger partial charge in [0.1, 0.15) is 10.0 Å². The second-order valence-electron chi connectivity index (χ2n) is 5.56. The molecule has 0 atom stereocenters. The number of hydrogen-bond acceptors (Lipinski definition) is 6. The van der Waals surface area contributed by atoms with Crippen molar-refractivity contribution in [2.24, 2.45) is 5.14 Å². The molecule has 0 aliphatic rings. The van der Waals surface area contributed by atoms with Gasteiger partial charge in [0.2, 0.25) is 10.0 Å². The van der Waals surface area contributed by atoms with Crippen molar-refractivity contribution < 1.29 is 16.8 Å². The molecular weight excluding hydrogens is 435 g/mol. The first-order valence-corrected chi connectivity index (χ1v) is 11.6. The van der Waals surface area contributed by atoms with Gasteiger partial charge in [-0.2, -0.15) is 0 Å². The summed E-state index contributed by atoms with van der Waals surface area (Å²) in [6, 6.07) is 6.35. The fourth-order valence-corrected chi connectivity index (χ4v) is 4.41. The largest absolute Gasteiger partial charge is 0.383 e. The van der Waals surface area contributed by atoms with E-state index in [-0.39, 0.29) is 25.8 Å². The van der Waals surface area contributed by atoms with Crippen LogP contribution in [-0.2, 0) is 20.0 Å². The van der Waals surface area contributed by atoms with Gasteiger partial charge >= 0.3 is 0 Å². The molecule has 0 spiro atoms. The molecule has 1 aromatic carbocycles. The van der Waals surface area contributed by atoms with Crippen LogP contribution in [0, 0.1) is 0 Å². The quantitative estimate of drug-likeness (QED) is 0.416. The van der Waals surface area contributed by atoms with E-state index >= 15 is 0 Å². The van der Waals surface area contributed by atoms with E-state index in [9.17, 15) is 16.8 Å². The topological polar surface area (TPSA) is 131 Å². The van der Waals surface area contributed by atoms with E-state index < -0.39 is 20.0 Å². The van der Waals surface area contributed by atoms with E-state index in [1.165, 1.54) is 24.3 Å². The van der Waals surface area contributed by atoms with Crippen molar-refractivity contribution in [3.63, 3.8) is 0 Å². The summed E-state index contributed by atoms with van der Waals surface area (Å²) in [5.74, 6) is 0. The van der Waals surface area contributed by atoms with E-state index in [0.29, 0.717) is 12.2 Å². The molecular formula is C15H18Cl2N4O4S2. The van der Waals surface area contributed by atoms with E-state index in [1.54, 1.807) is 0 Å². The highest BCUT2D eigenvalue weighted by atomic mass is 35.5. The summed E-state index contributed by atoms with van der Waals surface area (Å²) in [6.07, 6.45) is 1.77. The van der Waals surface area contributed by atoms with E-state index in [1.807, 2.05) is 6.92 Å². The van der Waals surface area contributed by atoms with Crippen molar-refractivity contribution in [3.05, 3.63) is 40.6 Å². The predicted octanol–water partition coefficient (Wildman–Crippen LogP) is 3.05. The molecule has 2 aromatic rings. The van der Waals surface area contributed by atoms with Crippen LogP contribution in [0.25, 0.3) is 0 Å². The molecule has 0 amide bonds. The Morgan fingerprint density at radius 3 is 2.37 bits per heavy atom. The molecule has 12 heteroatoms. The number of hydrogen-bond donors (Lipinski definition) is 3. The third-order valence-electron chi connectivity index (χ3n) is 3.48. The fraction of sp³-hybridized carbons (Fsp3) is 0.267. The summed E-state index contributed by atoms with van der Waals surface area (Å²) in [4.78, 5) is 3.17. The maximum absolute atomic E-state index is 12.7. The Kier molecular flexibility index (Phi) is 6.92. The van der Waals surface area contributed by atoms with E-state index in [2.05, 4.69) is 15.0 Å². The number of rotatable bonds is 8. The highest BCUT2D eigenvalue weighted by Crippen LogP contribution is 2.29. The van der Waals surface area contributed by atoms with Crippen molar-refractivity contribution in [1.29, 1.82) is 0 Å². The minimum atomic E-state index is -4.15. The molecule has 1 heterocycles. The SMILES string of the molecule is CCCCNc1ccc(S(N)(=O)=O)cc1NS(=O)(=O)c1ccc(Cl)nc1Cl. The number of unbranched alkanes of at least 4 members (excludes halogenated alkanes) is 1. The maximum atomic E-state index is 12.7. The molecule has 0 aliphatic carbocycles. The van der Waals surface area contributed by atoms with Gasteiger partial charge in [0, 0.05) is 6.54 Å². The zero-order valence-corrected chi connectivity index (χ0v) is 17.4. The second kappa shape index (κ2) is 8.61. The van der Waals surface area contributed by atoms with Crippen LogP contribution in [0.3, 0.4) is 0 Å². The number of pyridine rings is 1. The molecule has 1 aromatic heterocycles. The Balaban J connectivity index is 2.47. The molecule has 0 saturated carbocycles. The second-order valence-corrected chi connectivity index (χ2v) is 9.52. The Hall–Kier alpha value is -1.59. The van der Waals surface area contributed by atoms with Crippen molar-refractivity contribution in [3.8, 4) is 0 Å². The standard InChI is InChI=1S/C15H18Cl2N4O4S2/c1-2-3-8-19-11-5-4-10(26(18,22)23)9-12(11)21-27(24,25)13-6-7-14(16)20-15(13)17/h4-7,9,19,21H,2-3,8H2,1H3,(H2,18,22,23). The maximum Gasteiger partial charge on any atom is 0.265 e. The molecule has 27 heavy (non-hydrogen) atoms. The summed E-state index contributed by atoms with van der Waals surface area (Å²) in [5, 5.41) is 7.93. The number of sulfonamides is 2. The Bertz CT molecular complexity index is 1040. The lowest BCUT2D eigenvalue weighted by atomic mass is 10.2. The fourth-order valence-electron chi connectivity index (χ4n) is 2.14. The van der Waals surface area contributed by atoms with Gasteiger partial charge in [-0.15, -0.1) is 0 Å². The molecule has 0 saturated heterocycles. The van der Waals surface area contributed by atoms with Crippen molar-refractivity contribution in [2.75, 3.05) is 16.6 Å². The van der Waals surface area contributed by atoms with Crippen LogP contribution in [0.1, 0.15) is 19.8 Å². The highest BCUT2D eigenvalue weighted by molar-refractivity contribution is 7.93. The first-order valence-electron chi connectivity index (χ1n) is 7.80. The summed E-state index contributed by atoms with van der Waals surface area (Å²) in [5.41, 5.74) is 0.418. The summed E-state index contributed by atoms with van der Waals surface area (Å²) in [6.45, 7) is 2.58. The number of nitrogens with one attached hydrogen (secondary N) is 2. The normalized spacial score (nSPS) is 12.0. The highest BCUT2D eigenvalue weighted by Gasteiger charge is 2.22. The predicted molar refractivity (Wildman–Crippen MR) is 106 cm³/mol. The lowest BCUT2D eigenvalue weighted by Gasteiger charge is -2.15. The Morgan fingerprint density at radius 2 is 1.78 bits per heavy atom. The third-order valence-corrected chi connectivity index (χ3v) is 6.40. The minimum Gasteiger partial charge on any atom is -0.383 e. The number of anilines is 2. The lowest BCUT2D eigenvalue weighted by Crippen LogP contribution is -2.17. The molecule has 8 nitrogen and oxygen atoms in total. The summed E-state index contributed by atoms with van der Waals surface area (Å²) < 4.78 is 50.9. The molecule has 0 aliphatic heterocycles. The van der Waals surface area contributed by atoms with Gasteiger partial charge in [-0.1, -0.05) is 36.5 Å². The van der Waals surface area contributed by atoms with Crippen molar-refractivity contribution >= 4 is 54.6 Å². The number of benzene rings is 1. The molecule has 0 fully saturated rings. The van der Waals surface area contributed by atoms with Gasteiger partial charge in [0.05, 0.1) is 16.3 Å². The van der Waals surface area contributed by atoms with Gasteiger partial charge in [0.25, 0.3) is 10.0 Å². The van der Waals surface area contributed by atoms with Gasteiger partial charge < -0.3 is 5.32 Å². The van der Waals surface area contributed by atoms with Crippen LogP contribution >= 0.6 is 23.2 Å². The van der Waals surface area contributed by atoms with Crippen LogP contribution in [0.2, 0.25) is 10.3 Å². The number of nitrogens with zero attached hydrogens (tertiary/aromatic N) is 1. The molecule has 0 bridgehead atoms. The zero-order valence-electron chi connectivity index (χ0n) is 14.2. The van der Waals surface area contributed by atoms with Gasteiger partial charge in [-0.3, -0.25) is 4.72 Å². The van der Waals surface area contributed by atoms with Crippen LogP contribution < -0.4 is 15.2 Å². The van der Waals surface area contributed by atoms with Crippen LogP contribution in [0.4, 0.5) is 11.4 Å². The van der Waals surface area contributed by atoms with Gasteiger partial charge in [0.15, 0.2) is 5.15 Å². The third kappa shape index (κ3) is 5.69. The molecule has 4 N–H and O–H groups in total. The molecule has 2 rings (SSSR count). The van der Waals surface area contributed by atoms with Crippen LogP contribution in [0.5, 0.6) is 0 Å². The number of aromatic nitrogens is 1. The number of halogens is 2. The monoisotopic (exact) mass is 452 g/mol. The van der Waals surface area contributed by atoms with Crippen LogP contribution in [-0.4, -0.2) is 28.4 Å². The average Bonchev–Trinajstić information content (AvgIpc) is 2.54. The molecule has 0 unspecified atom stereocenters. The number of nitrogens with two attached hydrogens (primary N) is 1. The Morgan fingerprint density at radius 1 is 1.07 bits per heavy atom. The Labute approximate surface area is 168 Å². The smallest absolute Gasteiger partial charge is 0.265 e. The van der Waals surface area contributed by atoms with Gasteiger partial charge in [-0.25, -0.2) is 27.0 Å². The van der Waals surface area contributed by atoms with Crippen molar-refractivity contribution in [1.82, 2.24) is 4.98 Å². The lowest BCUT2D eigenvalue weighted by molar-refractivity contribution is 0.596. The number of primary sulfonamides is 1. The minimum absolute atomic E-state index is 0.0173. The molecule has 0 radical (unpaired) electrons. The average molecular weight is 453 g/mol. The van der Waals surface area contributed by atoms with Gasteiger partial charge in [-0.05, 0) is 36.8 Å². The summed E-state index contributed by atoms with van der Waals surface area (Å²) >= 11 is 11.6. The zero-order chi connectivity index (χ0) is 20.2. The first kappa shape index (κ1) is 21.7. The first-order chi connectivity index (χ1) is 12.5.